The molecule has 1 rings (SSSR count). The van der Waals surface area contributed by atoms with Crippen molar-refractivity contribution >= 4 is 5.91 Å². The van der Waals surface area contributed by atoms with Gasteiger partial charge in [0.2, 0.25) is 5.91 Å². The summed E-state index contributed by atoms with van der Waals surface area (Å²) in [6.07, 6.45) is 7.19. The lowest BCUT2D eigenvalue weighted by Gasteiger charge is -2.35. The van der Waals surface area contributed by atoms with Gasteiger partial charge >= 0.3 is 0 Å². The summed E-state index contributed by atoms with van der Waals surface area (Å²) in [5.74, 6) is 0.754. The molecule has 88 valence electrons. The summed E-state index contributed by atoms with van der Waals surface area (Å²) in [4.78, 5) is 12.2. The van der Waals surface area contributed by atoms with E-state index in [1.54, 1.807) is 0 Å². The van der Waals surface area contributed by atoms with Crippen molar-refractivity contribution in [2.24, 2.45) is 11.3 Å². The van der Waals surface area contributed by atoms with Gasteiger partial charge < -0.3 is 5.32 Å². The SMILES string of the molecule is CCNC(=O)C1(C(C)C)CCCCCC1. The third-order valence-corrected chi connectivity index (χ3v) is 3.89. The lowest BCUT2D eigenvalue weighted by Crippen LogP contribution is -2.44. The smallest absolute Gasteiger partial charge is 0.226 e. The maximum atomic E-state index is 12.2. The Bertz CT molecular complexity index is 203. The predicted molar refractivity (Wildman–Crippen MR) is 63.7 cm³/mol. The normalized spacial score (nSPS) is 21.1. The van der Waals surface area contributed by atoms with Gasteiger partial charge in [-0.05, 0) is 25.7 Å². The van der Waals surface area contributed by atoms with E-state index in [0.717, 1.165) is 19.4 Å². The van der Waals surface area contributed by atoms with Crippen molar-refractivity contribution in [2.75, 3.05) is 6.54 Å². The molecule has 0 atom stereocenters. The number of hydrogen-bond acceptors (Lipinski definition) is 1. The standard InChI is InChI=1S/C13H25NO/c1-4-14-12(15)13(11(2)3)9-7-5-6-8-10-13/h11H,4-10H2,1-3H3,(H,14,15). The summed E-state index contributed by atoms with van der Waals surface area (Å²) in [7, 11) is 0. The number of nitrogens with one attached hydrogen (secondary N) is 1. The Morgan fingerprint density at radius 2 is 1.73 bits per heavy atom. The second-order valence-electron chi connectivity index (χ2n) is 5.08. The minimum Gasteiger partial charge on any atom is -0.356 e. The van der Waals surface area contributed by atoms with Crippen LogP contribution >= 0.6 is 0 Å². The van der Waals surface area contributed by atoms with Crippen LogP contribution in [0.25, 0.3) is 0 Å². The highest BCUT2D eigenvalue weighted by atomic mass is 16.2. The molecule has 15 heavy (non-hydrogen) atoms. The van der Waals surface area contributed by atoms with Crippen molar-refractivity contribution in [3.8, 4) is 0 Å². The molecular weight excluding hydrogens is 186 g/mol. The zero-order chi connectivity index (χ0) is 11.3. The van der Waals surface area contributed by atoms with E-state index in [-0.39, 0.29) is 5.41 Å². The summed E-state index contributed by atoms with van der Waals surface area (Å²) >= 11 is 0. The average Bonchev–Trinajstić information content (AvgIpc) is 2.43. The molecule has 0 heterocycles. The van der Waals surface area contributed by atoms with Gasteiger partial charge in [0.25, 0.3) is 0 Å². The van der Waals surface area contributed by atoms with Crippen LogP contribution < -0.4 is 5.32 Å². The summed E-state index contributed by atoms with van der Waals surface area (Å²) in [5, 5.41) is 3.03. The van der Waals surface area contributed by atoms with Crippen LogP contribution in [0.3, 0.4) is 0 Å². The topological polar surface area (TPSA) is 29.1 Å². The molecule has 0 aromatic carbocycles. The monoisotopic (exact) mass is 211 g/mol. The van der Waals surface area contributed by atoms with Crippen LogP contribution in [0.15, 0.2) is 0 Å². The molecule has 1 fully saturated rings. The van der Waals surface area contributed by atoms with Crippen LogP contribution in [0.2, 0.25) is 0 Å². The lowest BCUT2D eigenvalue weighted by molar-refractivity contribution is -0.134. The first kappa shape index (κ1) is 12.5. The first-order chi connectivity index (χ1) is 7.13. The molecule has 0 aliphatic heterocycles. The van der Waals surface area contributed by atoms with Crippen molar-refractivity contribution in [3.05, 3.63) is 0 Å². The van der Waals surface area contributed by atoms with E-state index < -0.39 is 0 Å². The Labute approximate surface area is 93.8 Å². The van der Waals surface area contributed by atoms with Crippen molar-refractivity contribution in [1.29, 1.82) is 0 Å². The zero-order valence-electron chi connectivity index (χ0n) is 10.4. The van der Waals surface area contributed by atoms with Crippen LogP contribution in [0.5, 0.6) is 0 Å². The highest BCUT2D eigenvalue weighted by Gasteiger charge is 2.40. The van der Waals surface area contributed by atoms with Crippen LogP contribution in [0.1, 0.15) is 59.3 Å². The van der Waals surface area contributed by atoms with Crippen molar-refractivity contribution < 1.29 is 4.79 Å². The average molecular weight is 211 g/mol. The van der Waals surface area contributed by atoms with Gasteiger partial charge in [-0.3, -0.25) is 4.79 Å². The van der Waals surface area contributed by atoms with E-state index in [1.807, 2.05) is 6.92 Å². The highest BCUT2D eigenvalue weighted by molar-refractivity contribution is 5.82. The Balaban J connectivity index is 2.79. The maximum absolute atomic E-state index is 12.2. The third kappa shape index (κ3) is 2.73. The Kier molecular flexibility index (Phi) is 4.62. The molecule has 1 aliphatic rings. The molecule has 0 spiro atoms. The van der Waals surface area contributed by atoms with Crippen molar-refractivity contribution in [2.45, 2.75) is 59.3 Å². The Hall–Kier alpha value is -0.530. The van der Waals surface area contributed by atoms with Gasteiger partial charge in [0.05, 0.1) is 5.41 Å². The fourth-order valence-electron chi connectivity index (χ4n) is 2.76. The first-order valence-electron chi connectivity index (χ1n) is 6.42. The van der Waals surface area contributed by atoms with Crippen LogP contribution in [-0.4, -0.2) is 12.5 Å². The molecule has 0 aromatic rings. The molecule has 2 nitrogen and oxygen atoms in total. The van der Waals surface area contributed by atoms with E-state index >= 15 is 0 Å². The maximum Gasteiger partial charge on any atom is 0.226 e. The molecule has 0 saturated heterocycles. The molecule has 1 aliphatic carbocycles. The van der Waals surface area contributed by atoms with Gasteiger partial charge in [-0.15, -0.1) is 0 Å². The number of amides is 1. The minimum atomic E-state index is -0.0769. The molecule has 1 N–H and O–H groups in total. The van der Waals surface area contributed by atoms with Crippen LogP contribution in [0.4, 0.5) is 0 Å². The van der Waals surface area contributed by atoms with Crippen LogP contribution in [-0.2, 0) is 4.79 Å². The van der Waals surface area contributed by atoms with Gasteiger partial charge in [0.15, 0.2) is 0 Å². The molecule has 0 unspecified atom stereocenters. The summed E-state index contributed by atoms with van der Waals surface area (Å²) in [6.45, 7) is 7.15. The fraction of sp³-hybridized carbons (Fsp3) is 0.923. The van der Waals surface area contributed by atoms with Gasteiger partial charge in [-0.1, -0.05) is 39.5 Å². The highest BCUT2D eigenvalue weighted by Crippen LogP contribution is 2.41. The first-order valence-corrected chi connectivity index (χ1v) is 6.42. The molecule has 1 amide bonds. The summed E-state index contributed by atoms with van der Waals surface area (Å²) < 4.78 is 0. The summed E-state index contributed by atoms with van der Waals surface area (Å²) in [6, 6.07) is 0. The second kappa shape index (κ2) is 5.53. The molecule has 0 radical (unpaired) electrons. The van der Waals surface area contributed by atoms with Gasteiger partial charge in [-0.25, -0.2) is 0 Å². The van der Waals surface area contributed by atoms with E-state index in [1.165, 1.54) is 25.7 Å². The minimum absolute atomic E-state index is 0.0769. The number of carbonyl (C=O) groups excluding carboxylic acids is 1. The van der Waals surface area contributed by atoms with Crippen LogP contribution in [0, 0.1) is 11.3 Å². The van der Waals surface area contributed by atoms with Crippen molar-refractivity contribution in [3.63, 3.8) is 0 Å². The summed E-state index contributed by atoms with van der Waals surface area (Å²) in [5.41, 5.74) is -0.0769. The lowest BCUT2D eigenvalue weighted by atomic mass is 9.70. The van der Waals surface area contributed by atoms with E-state index in [2.05, 4.69) is 19.2 Å². The van der Waals surface area contributed by atoms with E-state index in [9.17, 15) is 4.79 Å². The quantitative estimate of drug-likeness (QED) is 0.714. The van der Waals surface area contributed by atoms with Gasteiger partial charge in [0, 0.05) is 6.54 Å². The van der Waals surface area contributed by atoms with Crippen molar-refractivity contribution in [1.82, 2.24) is 5.32 Å². The molecule has 1 saturated carbocycles. The predicted octanol–water partition coefficient (Wildman–Crippen LogP) is 3.12. The van der Waals surface area contributed by atoms with Gasteiger partial charge in [-0.2, -0.15) is 0 Å². The van der Waals surface area contributed by atoms with E-state index in [4.69, 9.17) is 0 Å². The molecule has 0 aromatic heterocycles. The molecule has 0 bridgehead atoms. The third-order valence-electron chi connectivity index (χ3n) is 3.89. The Morgan fingerprint density at radius 1 is 1.20 bits per heavy atom. The largest absolute Gasteiger partial charge is 0.356 e. The number of hydrogen-bond donors (Lipinski definition) is 1. The van der Waals surface area contributed by atoms with Gasteiger partial charge in [0.1, 0.15) is 0 Å². The Morgan fingerprint density at radius 3 is 2.13 bits per heavy atom. The second-order valence-corrected chi connectivity index (χ2v) is 5.08. The number of rotatable bonds is 3. The number of carbonyl (C=O) groups is 1. The molecular formula is C13H25NO. The molecule has 2 heteroatoms. The fourth-order valence-corrected chi connectivity index (χ4v) is 2.76. The van der Waals surface area contributed by atoms with E-state index in [0.29, 0.717) is 11.8 Å². The zero-order valence-corrected chi connectivity index (χ0v) is 10.4.